The SMILES string of the molecule is CCC(c1c[nH]c2ccc(-n3cnnc3)cc12)C1CNCCC1N1CCN(C)CC1c1ccccc1. The normalized spacial score (nSPS) is 24.8. The molecule has 36 heavy (non-hydrogen) atoms. The zero-order valence-corrected chi connectivity index (χ0v) is 21.3. The lowest BCUT2D eigenvalue weighted by molar-refractivity contribution is 0.00817. The van der Waals surface area contributed by atoms with Crippen LogP contribution in [0.15, 0.2) is 67.4 Å². The van der Waals surface area contributed by atoms with Crippen molar-refractivity contribution in [1.82, 2.24) is 34.9 Å². The van der Waals surface area contributed by atoms with Gasteiger partial charge in [0.25, 0.3) is 0 Å². The van der Waals surface area contributed by atoms with E-state index in [2.05, 4.69) is 99.0 Å². The molecule has 4 heterocycles. The van der Waals surface area contributed by atoms with Gasteiger partial charge in [0, 0.05) is 61.0 Å². The van der Waals surface area contributed by atoms with E-state index in [0.717, 1.165) is 44.8 Å². The average molecular weight is 484 g/mol. The second-order valence-corrected chi connectivity index (χ2v) is 10.5. The van der Waals surface area contributed by atoms with Gasteiger partial charge in [0.2, 0.25) is 0 Å². The van der Waals surface area contributed by atoms with E-state index in [-0.39, 0.29) is 0 Å². The molecule has 2 aromatic carbocycles. The molecule has 0 bridgehead atoms. The summed E-state index contributed by atoms with van der Waals surface area (Å²) in [5.41, 5.74) is 5.18. The van der Waals surface area contributed by atoms with Gasteiger partial charge in [-0.05, 0) is 67.6 Å². The smallest absolute Gasteiger partial charge is 0.123 e. The molecule has 2 aromatic heterocycles. The van der Waals surface area contributed by atoms with Gasteiger partial charge in [-0.1, -0.05) is 37.3 Å². The largest absolute Gasteiger partial charge is 0.361 e. The van der Waals surface area contributed by atoms with E-state index in [9.17, 15) is 0 Å². The molecule has 0 amide bonds. The highest BCUT2D eigenvalue weighted by Gasteiger charge is 2.40. The van der Waals surface area contributed by atoms with E-state index in [4.69, 9.17) is 0 Å². The third kappa shape index (κ3) is 4.36. The van der Waals surface area contributed by atoms with Crippen molar-refractivity contribution in [2.24, 2.45) is 5.92 Å². The van der Waals surface area contributed by atoms with Crippen molar-refractivity contribution in [2.75, 3.05) is 39.8 Å². The van der Waals surface area contributed by atoms with Crippen molar-refractivity contribution in [3.05, 3.63) is 78.5 Å². The molecule has 0 saturated carbocycles. The van der Waals surface area contributed by atoms with Crippen LogP contribution >= 0.6 is 0 Å². The Bertz CT molecular complexity index is 1270. The first-order valence-electron chi connectivity index (χ1n) is 13.4. The van der Waals surface area contributed by atoms with E-state index in [1.165, 1.54) is 28.5 Å². The molecule has 7 nitrogen and oxygen atoms in total. The van der Waals surface area contributed by atoms with Crippen LogP contribution in [-0.4, -0.2) is 75.4 Å². The van der Waals surface area contributed by atoms with Crippen molar-refractivity contribution in [2.45, 2.75) is 37.8 Å². The summed E-state index contributed by atoms with van der Waals surface area (Å²) < 4.78 is 1.98. The zero-order chi connectivity index (χ0) is 24.5. The third-order valence-electron chi connectivity index (χ3n) is 8.50. The van der Waals surface area contributed by atoms with Crippen molar-refractivity contribution in [1.29, 1.82) is 0 Å². The summed E-state index contributed by atoms with van der Waals surface area (Å²) >= 11 is 0. The van der Waals surface area contributed by atoms with Gasteiger partial charge < -0.3 is 15.2 Å². The van der Waals surface area contributed by atoms with E-state index >= 15 is 0 Å². The predicted molar refractivity (Wildman–Crippen MR) is 144 cm³/mol. The molecule has 2 aliphatic heterocycles. The standard InChI is InChI=1S/C29H37N7/c1-3-23(25-17-31-27-10-9-22(15-24(25)27)35-19-32-33-20-35)26-16-30-12-11-28(26)36-14-13-34(2)18-29(36)21-7-5-4-6-8-21/h4-10,15,17,19-20,23,26,28-31H,3,11-14,16,18H2,1-2H3. The van der Waals surface area contributed by atoms with Crippen molar-refractivity contribution >= 4 is 10.9 Å². The number of piperidine rings is 1. The number of H-pyrrole nitrogens is 1. The van der Waals surface area contributed by atoms with Crippen LogP contribution in [0.5, 0.6) is 0 Å². The van der Waals surface area contributed by atoms with Crippen LogP contribution in [0.4, 0.5) is 0 Å². The number of piperazine rings is 1. The summed E-state index contributed by atoms with van der Waals surface area (Å²) in [4.78, 5) is 8.91. The van der Waals surface area contributed by atoms with Crippen LogP contribution in [-0.2, 0) is 0 Å². The fourth-order valence-corrected chi connectivity index (χ4v) is 6.68. The zero-order valence-electron chi connectivity index (χ0n) is 21.3. The Morgan fingerprint density at radius 2 is 1.89 bits per heavy atom. The molecule has 0 radical (unpaired) electrons. The fraction of sp³-hybridized carbons (Fsp3) is 0.448. The molecule has 2 saturated heterocycles. The van der Waals surface area contributed by atoms with E-state index < -0.39 is 0 Å². The van der Waals surface area contributed by atoms with Crippen molar-refractivity contribution in [3.8, 4) is 5.69 Å². The molecular formula is C29H37N7. The minimum Gasteiger partial charge on any atom is -0.361 e. The summed E-state index contributed by atoms with van der Waals surface area (Å²) in [5, 5.41) is 13.1. The van der Waals surface area contributed by atoms with Crippen LogP contribution in [0.2, 0.25) is 0 Å². The first-order chi connectivity index (χ1) is 17.7. The minimum absolute atomic E-state index is 0.441. The topological polar surface area (TPSA) is 65.0 Å². The molecule has 2 N–H and O–H groups in total. The Morgan fingerprint density at radius 1 is 1.06 bits per heavy atom. The van der Waals surface area contributed by atoms with Gasteiger partial charge in [-0.2, -0.15) is 0 Å². The molecule has 4 aromatic rings. The molecule has 4 unspecified atom stereocenters. The monoisotopic (exact) mass is 483 g/mol. The lowest BCUT2D eigenvalue weighted by atomic mass is 9.75. The quantitative estimate of drug-likeness (QED) is 0.430. The minimum atomic E-state index is 0.441. The van der Waals surface area contributed by atoms with E-state index in [0.29, 0.717) is 23.9 Å². The summed E-state index contributed by atoms with van der Waals surface area (Å²) in [5.74, 6) is 1.03. The van der Waals surface area contributed by atoms with Crippen molar-refractivity contribution < 1.29 is 0 Å². The molecule has 6 rings (SSSR count). The second-order valence-electron chi connectivity index (χ2n) is 10.5. The number of hydrogen-bond acceptors (Lipinski definition) is 5. The number of fused-ring (bicyclic) bond motifs is 1. The molecule has 7 heteroatoms. The van der Waals surface area contributed by atoms with E-state index in [1.54, 1.807) is 12.7 Å². The number of likely N-dealkylation sites (N-methyl/N-ethyl adjacent to an activating group) is 1. The highest BCUT2D eigenvalue weighted by molar-refractivity contribution is 5.85. The van der Waals surface area contributed by atoms with Crippen LogP contribution < -0.4 is 5.32 Å². The number of benzene rings is 2. The van der Waals surface area contributed by atoms with Gasteiger partial charge in [-0.3, -0.25) is 9.47 Å². The van der Waals surface area contributed by atoms with Crippen LogP contribution in [0.3, 0.4) is 0 Å². The lowest BCUT2D eigenvalue weighted by Crippen LogP contribution is -2.57. The van der Waals surface area contributed by atoms with Gasteiger partial charge in [-0.15, -0.1) is 10.2 Å². The number of nitrogens with one attached hydrogen (secondary N) is 2. The maximum Gasteiger partial charge on any atom is 0.123 e. The number of nitrogens with zero attached hydrogens (tertiary/aromatic N) is 5. The Kier molecular flexibility index (Phi) is 6.61. The van der Waals surface area contributed by atoms with Gasteiger partial charge in [0.1, 0.15) is 12.7 Å². The Balaban J connectivity index is 1.36. The van der Waals surface area contributed by atoms with Gasteiger partial charge in [0.15, 0.2) is 0 Å². The maximum absolute atomic E-state index is 4.00. The van der Waals surface area contributed by atoms with E-state index in [1.807, 2.05) is 4.57 Å². The van der Waals surface area contributed by atoms with Crippen molar-refractivity contribution in [3.63, 3.8) is 0 Å². The molecule has 188 valence electrons. The summed E-state index contributed by atoms with van der Waals surface area (Å²) in [6.07, 6.45) is 8.12. The predicted octanol–water partition coefficient (Wildman–Crippen LogP) is 4.21. The molecule has 0 aliphatic carbocycles. The van der Waals surface area contributed by atoms with Crippen LogP contribution in [0.25, 0.3) is 16.6 Å². The highest BCUT2D eigenvalue weighted by atomic mass is 15.3. The van der Waals surface area contributed by atoms with Crippen LogP contribution in [0.1, 0.15) is 42.9 Å². The third-order valence-corrected chi connectivity index (χ3v) is 8.50. The number of hydrogen-bond donors (Lipinski definition) is 2. The average Bonchev–Trinajstić information content (AvgIpc) is 3.61. The molecule has 0 spiro atoms. The second kappa shape index (κ2) is 10.2. The first kappa shape index (κ1) is 23.4. The van der Waals surface area contributed by atoms with Gasteiger partial charge in [-0.25, -0.2) is 0 Å². The highest BCUT2D eigenvalue weighted by Crippen LogP contribution is 2.41. The Morgan fingerprint density at radius 3 is 2.69 bits per heavy atom. The summed E-state index contributed by atoms with van der Waals surface area (Å²) in [6.45, 7) is 7.86. The molecular weight excluding hydrogens is 446 g/mol. The molecule has 4 atom stereocenters. The number of aromatic nitrogens is 4. The number of aromatic amines is 1. The Hall–Kier alpha value is -3.00. The first-order valence-corrected chi connectivity index (χ1v) is 13.4. The summed E-state index contributed by atoms with van der Waals surface area (Å²) in [7, 11) is 2.27. The summed E-state index contributed by atoms with van der Waals surface area (Å²) in [6, 6.07) is 18.7. The van der Waals surface area contributed by atoms with Gasteiger partial charge >= 0.3 is 0 Å². The molecule has 2 fully saturated rings. The fourth-order valence-electron chi connectivity index (χ4n) is 6.68. The van der Waals surface area contributed by atoms with Gasteiger partial charge in [0.05, 0.1) is 0 Å². The number of rotatable bonds is 6. The molecule has 2 aliphatic rings. The lowest BCUT2D eigenvalue weighted by Gasteiger charge is -2.50. The maximum atomic E-state index is 4.00. The van der Waals surface area contributed by atoms with Crippen LogP contribution in [0, 0.1) is 5.92 Å². The Labute approximate surface area is 213 Å².